The van der Waals surface area contributed by atoms with Gasteiger partial charge < -0.3 is 39.4 Å². The van der Waals surface area contributed by atoms with E-state index >= 15 is 0 Å². The van der Waals surface area contributed by atoms with Crippen LogP contribution in [0.25, 0.3) is 0 Å². The molecular weight excluding hydrogens is 692 g/mol. The van der Waals surface area contributed by atoms with E-state index in [9.17, 15) is 34.8 Å². The first kappa shape index (κ1) is 48.1. The van der Waals surface area contributed by atoms with Crippen LogP contribution in [0.4, 0.5) is 0 Å². The van der Waals surface area contributed by atoms with Crippen molar-refractivity contribution in [1.82, 2.24) is 0 Å². The first-order valence-electron chi connectivity index (χ1n) is 19.3. The van der Waals surface area contributed by atoms with Crippen molar-refractivity contribution < 1.29 is 53.8 Å². The largest absolute Gasteiger partial charge is 0.479 e. The van der Waals surface area contributed by atoms with E-state index in [1.807, 2.05) is 18.2 Å². The van der Waals surface area contributed by atoms with Crippen molar-refractivity contribution in [2.24, 2.45) is 0 Å². The maximum Gasteiger partial charge on any atom is 0.335 e. The fraction of sp³-hybridized carbons (Fsp3) is 0.558. The van der Waals surface area contributed by atoms with Crippen molar-refractivity contribution in [3.8, 4) is 0 Å². The van der Waals surface area contributed by atoms with E-state index in [2.05, 4.69) is 86.8 Å². The number of esters is 2. The van der Waals surface area contributed by atoms with Crippen LogP contribution in [0.5, 0.6) is 0 Å². The highest BCUT2D eigenvalue weighted by atomic mass is 16.7. The van der Waals surface area contributed by atoms with Gasteiger partial charge in [0.25, 0.3) is 0 Å². The van der Waals surface area contributed by atoms with Crippen molar-refractivity contribution in [2.75, 3.05) is 13.2 Å². The molecule has 1 aliphatic heterocycles. The highest BCUT2D eigenvalue weighted by molar-refractivity contribution is 5.73. The van der Waals surface area contributed by atoms with E-state index in [1.165, 1.54) is 0 Å². The van der Waals surface area contributed by atoms with Crippen molar-refractivity contribution in [2.45, 2.75) is 141 Å². The van der Waals surface area contributed by atoms with Gasteiger partial charge in [-0.15, -0.1) is 0 Å². The summed E-state index contributed by atoms with van der Waals surface area (Å²) in [4.78, 5) is 36.6. The van der Waals surface area contributed by atoms with Gasteiger partial charge in [-0.25, -0.2) is 4.79 Å². The lowest BCUT2D eigenvalue weighted by Gasteiger charge is -2.38. The van der Waals surface area contributed by atoms with Crippen LogP contribution in [0.15, 0.2) is 97.2 Å². The molecule has 1 aliphatic rings. The molecule has 0 spiro atoms. The van der Waals surface area contributed by atoms with Gasteiger partial charge >= 0.3 is 17.9 Å². The zero-order valence-corrected chi connectivity index (χ0v) is 32.2. The monoisotopic (exact) mass is 756 g/mol. The predicted molar refractivity (Wildman–Crippen MR) is 210 cm³/mol. The third kappa shape index (κ3) is 24.4. The van der Waals surface area contributed by atoms with E-state index < -0.39 is 61.3 Å². The number of carbonyl (C=O) groups excluding carboxylic acids is 2. The van der Waals surface area contributed by atoms with Crippen LogP contribution in [-0.4, -0.2) is 88.4 Å². The Hall–Kier alpha value is -3.87. The first-order valence-corrected chi connectivity index (χ1v) is 19.3. The molecule has 0 saturated carbocycles. The zero-order chi connectivity index (χ0) is 39.7. The summed E-state index contributed by atoms with van der Waals surface area (Å²) in [6, 6.07) is 0. The SMILES string of the molecule is CC/C=C\C/C=C\C/C=C\C/C=C\C/C=C\CC(=O)OCC(COC1OC(C(=O)O)C(O)C(O)C1O)OC(=O)CCCCC/C=C\C/C=C\C/C=C\CC. The van der Waals surface area contributed by atoms with Crippen molar-refractivity contribution in [3.05, 3.63) is 97.2 Å². The van der Waals surface area contributed by atoms with Gasteiger partial charge in [0.1, 0.15) is 24.9 Å². The topological polar surface area (TPSA) is 169 Å². The number of hydrogen-bond acceptors (Lipinski definition) is 10. The van der Waals surface area contributed by atoms with Gasteiger partial charge in [-0.05, 0) is 70.6 Å². The van der Waals surface area contributed by atoms with Crippen molar-refractivity contribution in [1.29, 1.82) is 0 Å². The summed E-state index contributed by atoms with van der Waals surface area (Å²) in [5.41, 5.74) is 0. The molecule has 1 fully saturated rings. The van der Waals surface area contributed by atoms with Gasteiger partial charge in [-0.1, -0.05) is 117 Å². The molecule has 1 heterocycles. The third-order valence-corrected chi connectivity index (χ3v) is 7.96. The molecule has 1 rings (SSSR count). The molecule has 6 unspecified atom stereocenters. The number of unbranched alkanes of at least 4 members (excludes halogenated alkanes) is 3. The number of aliphatic carboxylic acids is 1. The van der Waals surface area contributed by atoms with Crippen LogP contribution in [0.2, 0.25) is 0 Å². The summed E-state index contributed by atoms with van der Waals surface area (Å²) in [7, 11) is 0. The van der Waals surface area contributed by atoms with Gasteiger partial charge in [0.2, 0.25) is 0 Å². The van der Waals surface area contributed by atoms with Crippen molar-refractivity contribution >= 4 is 17.9 Å². The van der Waals surface area contributed by atoms with Gasteiger partial charge in [0.05, 0.1) is 13.0 Å². The number of hydrogen-bond donors (Lipinski definition) is 4. The highest BCUT2D eigenvalue weighted by Gasteiger charge is 2.47. The van der Waals surface area contributed by atoms with Gasteiger partial charge in [-0.2, -0.15) is 0 Å². The minimum atomic E-state index is -1.88. The molecule has 54 heavy (non-hydrogen) atoms. The number of aliphatic hydroxyl groups is 3. The highest BCUT2D eigenvalue weighted by Crippen LogP contribution is 2.23. The Kier molecular flexibility index (Phi) is 29.0. The van der Waals surface area contributed by atoms with Crippen LogP contribution >= 0.6 is 0 Å². The van der Waals surface area contributed by atoms with E-state index in [1.54, 1.807) is 6.08 Å². The number of ether oxygens (including phenoxy) is 4. The molecule has 0 aromatic rings. The molecule has 0 aliphatic carbocycles. The molecule has 1 saturated heterocycles. The minimum Gasteiger partial charge on any atom is -0.479 e. The molecule has 0 bridgehead atoms. The molecule has 11 heteroatoms. The molecular formula is C43H64O11. The fourth-order valence-electron chi connectivity index (χ4n) is 4.96. The maximum absolute atomic E-state index is 12.7. The lowest BCUT2D eigenvalue weighted by Crippen LogP contribution is -2.60. The van der Waals surface area contributed by atoms with Crippen LogP contribution in [0.1, 0.15) is 104 Å². The van der Waals surface area contributed by atoms with Gasteiger partial charge in [0.15, 0.2) is 18.5 Å². The summed E-state index contributed by atoms with van der Waals surface area (Å²) >= 11 is 0. The van der Waals surface area contributed by atoms with E-state index in [4.69, 9.17) is 18.9 Å². The second kappa shape index (κ2) is 32.6. The summed E-state index contributed by atoms with van der Waals surface area (Å²) in [6.07, 6.45) is 33.6. The van der Waals surface area contributed by atoms with E-state index in [0.29, 0.717) is 12.8 Å². The Labute approximate surface area is 322 Å². The Morgan fingerprint density at radius 3 is 1.61 bits per heavy atom. The Morgan fingerprint density at radius 1 is 0.593 bits per heavy atom. The summed E-state index contributed by atoms with van der Waals surface area (Å²) in [5.74, 6) is -2.66. The van der Waals surface area contributed by atoms with Crippen molar-refractivity contribution in [3.63, 3.8) is 0 Å². The van der Waals surface area contributed by atoms with Crippen LogP contribution in [0, 0.1) is 0 Å². The standard InChI is InChI=1S/C43H64O11/c1-3-5-7-9-11-13-15-17-18-20-21-23-25-27-29-31-36(44)51-33-35(34-52-43-40(48)38(46)39(47)41(54-43)42(49)50)53-37(45)32-30-28-26-24-22-19-16-14-12-10-8-6-4-2/h5-8,11-14,17-19,21-23,27,29,35,38-41,43,46-48H,3-4,9-10,15-16,20,24-26,28,30-34H2,1-2H3,(H,49,50)/b7-5-,8-6-,13-11-,14-12-,18-17-,22-19-,23-21-,29-27-. The lowest BCUT2D eigenvalue weighted by molar-refractivity contribution is -0.298. The van der Waals surface area contributed by atoms with Crippen LogP contribution in [-0.2, 0) is 33.3 Å². The molecule has 6 atom stereocenters. The Bertz CT molecular complexity index is 1260. The normalized spacial score (nSPS) is 21.7. The van der Waals surface area contributed by atoms with E-state index in [-0.39, 0.29) is 19.4 Å². The van der Waals surface area contributed by atoms with Gasteiger partial charge in [-0.3, -0.25) is 9.59 Å². The average molecular weight is 757 g/mol. The summed E-state index contributed by atoms with van der Waals surface area (Å²) in [5, 5.41) is 39.6. The quantitative estimate of drug-likeness (QED) is 0.0343. The smallest absolute Gasteiger partial charge is 0.335 e. The number of allylic oxidation sites excluding steroid dienone is 15. The Morgan fingerprint density at radius 2 is 1.09 bits per heavy atom. The number of rotatable bonds is 29. The van der Waals surface area contributed by atoms with Crippen LogP contribution < -0.4 is 0 Å². The predicted octanol–water partition coefficient (Wildman–Crippen LogP) is 7.30. The second-order valence-corrected chi connectivity index (χ2v) is 12.7. The molecule has 0 aromatic heterocycles. The maximum atomic E-state index is 12.7. The number of aliphatic hydroxyl groups excluding tert-OH is 3. The van der Waals surface area contributed by atoms with E-state index in [0.717, 1.165) is 64.2 Å². The number of carbonyl (C=O) groups is 3. The molecule has 302 valence electrons. The third-order valence-electron chi connectivity index (χ3n) is 7.96. The second-order valence-electron chi connectivity index (χ2n) is 12.7. The molecule has 0 amide bonds. The minimum absolute atomic E-state index is 0.00902. The number of carboxylic acids is 1. The molecule has 0 aromatic carbocycles. The lowest BCUT2D eigenvalue weighted by atomic mass is 9.99. The first-order chi connectivity index (χ1) is 26.2. The molecule has 4 N–H and O–H groups in total. The summed E-state index contributed by atoms with van der Waals surface area (Å²) < 4.78 is 21.5. The molecule has 11 nitrogen and oxygen atoms in total. The average Bonchev–Trinajstić information content (AvgIpc) is 3.15. The fourth-order valence-corrected chi connectivity index (χ4v) is 4.96. The summed E-state index contributed by atoms with van der Waals surface area (Å²) in [6.45, 7) is 3.42. The van der Waals surface area contributed by atoms with Gasteiger partial charge in [0, 0.05) is 6.42 Å². The molecule has 0 radical (unpaired) electrons. The van der Waals surface area contributed by atoms with Crippen LogP contribution in [0.3, 0.4) is 0 Å². The number of carboxylic acid groups (broad SMARTS) is 1. The Balaban J connectivity index is 2.54. The zero-order valence-electron chi connectivity index (χ0n) is 32.2.